The Morgan fingerprint density at radius 1 is 1.29 bits per heavy atom. The van der Waals surface area contributed by atoms with Gasteiger partial charge in [-0.2, -0.15) is 0 Å². The summed E-state index contributed by atoms with van der Waals surface area (Å²) in [6.45, 7) is 2.32. The third-order valence-electron chi connectivity index (χ3n) is 1.85. The van der Waals surface area contributed by atoms with E-state index in [0.717, 1.165) is 5.56 Å². The van der Waals surface area contributed by atoms with E-state index in [-0.39, 0.29) is 0 Å². The number of halogens is 1. The van der Waals surface area contributed by atoms with Gasteiger partial charge in [0, 0.05) is 17.4 Å². The van der Waals surface area contributed by atoms with Gasteiger partial charge in [-0.05, 0) is 12.5 Å². The van der Waals surface area contributed by atoms with Gasteiger partial charge in [0.1, 0.15) is 0 Å². The molecule has 0 saturated heterocycles. The molecule has 0 saturated carbocycles. The minimum atomic E-state index is -2.65. The summed E-state index contributed by atoms with van der Waals surface area (Å²) < 4.78 is 17.8. The Bertz CT molecular complexity index is 362. The van der Waals surface area contributed by atoms with Crippen LogP contribution in [-0.2, 0) is 14.8 Å². The van der Waals surface area contributed by atoms with E-state index in [9.17, 15) is 4.57 Å². The molecule has 2 nitrogen and oxygen atoms in total. The Balaban J connectivity index is 2.52. The van der Waals surface area contributed by atoms with Crippen molar-refractivity contribution in [1.29, 1.82) is 0 Å². The first-order chi connectivity index (χ1) is 8.20. The summed E-state index contributed by atoms with van der Waals surface area (Å²) in [6.07, 6.45) is 0. The van der Waals surface area contributed by atoms with Crippen LogP contribution in [-0.4, -0.2) is 18.2 Å². The second-order valence-electron chi connectivity index (χ2n) is 3.15. The molecule has 0 heterocycles. The average Bonchev–Trinajstić information content (AvgIpc) is 2.36. The number of hydrogen-bond donors (Lipinski definition) is 0. The standard InChI is InChI=1S/C11H16ClO2PS2/c1-2-14-15(13,16-9-8-12)17-10-11-6-4-3-5-7-11/h3-7H,2,8-10H2,1H3. The van der Waals surface area contributed by atoms with Crippen molar-refractivity contribution in [3.63, 3.8) is 0 Å². The Hall–Kier alpha value is 0.400. The monoisotopic (exact) mass is 310 g/mol. The van der Waals surface area contributed by atoms with Gasteiger partial charge in [-0.3, -0.25) is 4.57 Å². The summed E-state index contributed by atoms with van der Waals surface area (Å²) in [4.78, 5) is 0. The van der Waals surface area contributed by atoms with Crippen molar-refractivity contribution in [3.8, 4) is 0 Å². The second-order valence-corrected chi connectivity index (χ2v) is 11.0. The quantitative estimate of drug-likeness (QED) is 0.496. The van der Waals surface area contributed by atoms with Gasteiger partial charge >= 0.3 is 5.77 Å². The SMILES string of the molecule is CCOP(=O)(SCCCl)SCc1ccccc1. The molecule has 0 N–H and O–H groups in total. The molecule has 0 radical (unpaired) electrons. The van der Waals surface area contributed by atoms with Crippen LogP contribution in [0.1, 0.15) is 12.5 Å². The van der Waals surface area contributed by atoms with Crippen LogP contribution in [0.4, 0.5) is 0 Å². The van der Waals surface area contributed by atoms with Crippen molar-refractivity contribution in [2.45, 2.75) is 12.7 Å². The molecular weight excluding hydrogens is 295 g/mol. The third-order valence-corrected chi connectivity index (χ3v) is 9.68. The lowest BCUT2D eigenvalue weighted by atomic mass is 10.2. The van der Waals surface area contributed by atoms with Gasteiger partial charge < -0.3 is 4.52 Å². The molecule has 0 aromatic heterocycles. The Kier molecular flexibility index (Phi) is 7.72. The summed E-state index contributed by atoms with van der Waals surface area (Å²) in [5, 5.41) is 0. The molecule has 1 aromatic carbocycles. The average molecular weight is 311 g/mol. The molecule has 0 fully saturated rings. The Morgan fingerprint density at radius 3 is 2.59 bits per heavy atom. The maximum absolute atomic E-state index is 12.4. The summed E-state index contributed by atoms with van der Waals surface area (Å²) in [5.41, 5.74) is 1.16. The van der Waals surface area contributed by atoms with Gasteiger partial charge in [-0.25, -0.2) is 0 Å². The Labute approximate surface area is 116 Å². The highest BCUT2D eigenvalue weighted by Gasteiger charge is 2.23. The van der Waals surface area contributed by atoms with Gasteiger partial charge in [-0.1, -0.05) is 53.1 Å². The van der Waals surface area contributed by atoms with Crippen LogP contribution >= 0.6 is 40.1 Å². The van der Waals surface area contributed by atoms with Crippen molar-refractivity contribution in [2.24, 2.45) is 0 Å². The molecule has 0 spiro atoms. The zero-order valence-corrected chi connectivity index (χ0v) is 13.0. The lowest BCUT2D eigenvalue weighted by Gasteiger charge is -2.15. The molecular formula is C11H16ClO2PS2. The fourth-order valence-electron chi connectivity index (χ4n) is 1.14. The second kappa shape index (κ2) is 8.49. The van der Waals surface area contributed by atoms with E-state index in [1.165, 1.54) is 22.8 Å². The molecule has 1 atom stereocenters. The molecule has 1 aromatic rings. The van der Waals surface area contributed by atoms with Gasteiger partial charge in [0.2, 0.25) is 0 Å². The van der Waals surface area contributed by atoms with Gasteiger partial charge in [0.05, 0.1) is 6.61 Å². The number of alkyl halides is 1. The Morgan fingerprint density at radius 2 is 2.00 bits per heavy atom. The van der Waals surface area contributed by atoms with Crippen molar-refractivity contribution in [2.75, 3.05) is 18.2 Å². The fourth-order valence-corrected chi connectivity index (χ4v) is 8.02. The van der Waals surface area contributed by atoms with E-state index < -0.39 is 5.77 Å². The maximum atomic E-state index is 12.4. The van der Waals surface area contributed by atoms with Crippen LogP contribution in [0.5, 0.6) is 0 Å². The molecule has 6 heteroatoms. The molecule has 0 aliphatic heterocycles. The van der Waals surface area contributed by atoms with E-state index in [1.807, 2.05) is 37.3 Å². The molecule has 0 aliphatic carbocycles. The summed E-state index contributed by atoms with van der Waals surface area (Å²) in [5.74, 6) is -0.804. The van der Waals surface area contributed by atoms with Gasteiger partial charge in [-0.15, -0.1) is 11.6 Å². The van der Waals surface area contributed by atoms with Gasteiger partial charge in [0.25, 0.3) is 0 Å². The molecule has 0 aliphatic rings. The lowest BCUT2D eigenvalue weighted by molar-refractivity contribution is 0.357. The highest BCUT2D eigenvalue weighted by atomic mass is 35.5. The minimum absolute atomic E-state index is 0.467. The first-order valence-electron chi connectivity index (χ1n) is 5.33. The van der Waals surface area contributed by atoms with Crippen molar-refractivity contribution < 1.29 is 9.09 Å². The van der Waals surface area contributed by atoms with Crippen molar-refractivity contribution in [3.05, 3.63) is 35.9 Å². The molecule has 1 rings (SSSR count). The number of rotatable bonds is 8. The topological polar surface area (TPSA) is 26.3 Å². The minimum Gasteiger partial charge on any atom is -0.314 e. The molecule has 17 heavy (non-hydrogen) atoms. The van der Waals surface area contributed by atoms with E-state index in [2.05, 4.69) is 0 Å². The van der Waals surface area contributed by atoms with Crippen LogP contribution in [0.15, 0.2) is 30.3 Å². The van der Waals surface area contributed by atoms with E-state index in [4.69, 9.17) is 16.1 Å². The van der Waals surface area contributed by atoms with Crippen LogP contribution < -0.4 is 0 Å². The lowest BCUT2D eigenvalue weighted by Crippen LogP contribution is -1.87. The van der Waals surface area contributed by atoms with Crippen molar-refractivity contribution in [1.82, 2.24) is 0 Å². The van der Waals surface area contributed by atoms with Crippen LogP contribution in [0.3, 0.4) is 0 Å². The molecule has 1 unspecified atom stereocenters. The predicted molar refractivity (Wildman–Crippen MR) is 80.1 cm³/mol. The van der Waals surface area contributed by atoms with Crippen molar-refractivity contribution >= 4 is 40.1 Å². The fraction of sp³-hybridized carbons (Fsp3) is 0.455. The normalized spacial score (nSPS) is 14.5. The first-order valence-corrected chi connectivity index (χ1v) is 10.7. The van der Waals surface area contributed by atoms with E-state index in [0.29, 0.717) is 24.0 Å². The zero-order chi connectivity index (χ0) is 12.6. The highest BCUT2D eigenvalue weighted by molar-refractivity contribution is 8.89. The molecule has 96 valence electrons. The highest BCUT2D eigenvalue weighted by Crippen LogP contribution is 2.70. The van der Waals surface area contributed by atoms with Gasteiger partial charge in [0.15, 0.2) is 0 Å². The maximum Gasteiger partial charge on any atom is 0.313 e. The van der Waals surface area contributed by atoms with E-state index in [1.54, 1.807) is 0 Å². The van der Waals surface area contributed by atoms with E-state index >= 15 is 0 Å². The third kappa shape index (κ3) is 6.21. The van der Waals surface area contributed by atoms with Crippen LogP contribution in [0.2, 0.25) is 0 Å². The smallest absolute Gasteiger partial charge is 0.313 e. The number of hydrogen-bond acceptors (Lipinski definition) is 4. The summed E-state index contributed by atoms with van der Waals surface area (Å²) in [6, 6.07) is 9.98. The van der Waals surface area contributed by atoms with Crippen LogP contribution in [0.25, 0.3) is 0 Å². The number of benzene rings is 1. The van der Waals surface area contributed by atoms with Crippen LogP contribution in [0, 0.1) is 0 Å². The molecule has 0 bridgehead atoms. The molecule has 0 amide bonds. The zero-order valence-electron chi connectivity index (χ0n) is 9.67. The summed E-state index contributed by atoms with van der Waals surface area (Å²) >= 11 is 8.33. The summed E-state index contributed by atoms with van der Waals surface area (Å²) in [7, 11) is 0. The predicted octanol–water partition coefficient (Wildman–Crippen LogP) is 5.04. The first kappa shape index (κ1) is 15.5. The largest absolute Gasteiger partial charge is 0.314 e.